The first kappa shape index (κ1) is 51.0. The van der Waals surface area contributed by atoms with Crippen molar-refractivity contribution in [3.8, 4) is 11.1 Å². The standard InChI is InChI=1S/C48H52N4O18/c1-6-20-59-44(57)35(50-48(58)63-21-34-32-18-12-10-16-30(32)31-17-11-13-19-33(31)34)22-61-46-38(51-52-49)41(39-37(67-46)24-62-45(69-39)29-14-8-7-9-15-29)70-47-43(66-28(5)56)42(65-27(4)55)40(64-26(3)54)36(68-47)23-60-25(2)53/h6-19,34-43,45-47H,1,20-24H2,2-5H3,(H,50,58)/t35-,36+,37+,38+,39-,40-,41+,42-,43+,45-,46-,47-/m0/s1. The number of nitrogens with one attached hydrogen (secondary N) is 1. The van der Waals surface area contributed by atoms with Crippen LogP contribution in [0.3, 0.4) is 0 Å². The van der Waals surface area contributed by atoms with E-state index in [4.69, 9.17) is 56.8 Å². The fraction of sp³-hybridized carbons (Fsp3) is 0.458. The van der Waals surface area contributed by atoms with E-state index in [1.165, 1.54) is 6.08 Å². The maximum atomic E-state index is 13.5. The van der Waals surface area contributed by atoms with Crippen LogP contribution in [0.5, 0.6) is 0 Å². The van der Waals surface area contributed by atoms with E-state index in [0.29, 0.717) is 5.56 Å². The van der Waals surface area contributed by atoms with Gasteiger partial charge in [0.15, 0.2) is 43.2 Å². The summed E-state index contributed by atoms with van der Waals surface area (Å²) in [6.07, 6.45) is -14.1. The Hall–Kier alpha value is -6.91. The molecule has 4 aliphatic rings. The average molecular weight is 973 g/mol. The number of fused-ring (bicyclic) bond motifs is 4. The number of hydrogen-bond acceptors (Lipinski definition) is 19. The van der Waals surface area contributed by atoms with Gasteiger partial charge in [-0.2, -0.15) is 0 Å². The van der Waals surface area contributed by atoms with Crippen LogP contribution in [0.25, 0.3) is 21.6 Å². The van der Waals surface area contributed by atoms with E-state index in [1.807, 2.05) is 48.5 Å². The van der Waals surface area contributed by atoms with Crippen molar-refractivity contribution in [3.63, 3.8) is 0 Å². The zero-order valence-corrected chi connectivity index (χ0v) is 38.5. The van der Waals surface area contributed by atoms with Crippen LogP contribution in [0.1, 0.15) is 56.6 Å². The molecule has 1 aliphatic carbocycles. The van der Waals surface area contributed by atoms with Gasteiger partial charge in [0, 0.05) is 44.1 Å². The first-order chi connectivity index (χ1) is 33.8. The number of carbonyl (C=O) groups excluding carboxylic acids is 6. The predicted octanol–water partition coefficient (Wildman–Crippen LogP) is 4.63. The molecule has 3 fully saturated rings. The summed E-state index contributed by atoms with van der Waals surface area (Å²) in [5, 5.41) is 6.50. The minimum atomic E-state index is -1.78. The van der Waals surface area contributed by atoms with Crippen LogP contribution < -0.4 is 5.32 Å². The van der Waals surface area contributed by atoms with Gasteiger partial charge >= 0.3 is 35.9 Å². The Morgan fingerprint density at radius 2 is 1.37 bits per heavy atom. The Kier molecular flexibility index (Phi) is 17.2. The molecule has 3 saturated heterocycles. The third kappa shape index (κ3) is 12.3. The molecule has 70 heavy (non-hydrogen) atoms. The number of amides is 1. The maximum absolute atomic E-state index is 13.5. The van der Waals surface area contributed by atoms with Crippen molar-refractivity contribution in [3.05, 3.63) is 119 Å². The SMILES string of the molecule is C=CCOC(=O)[C@H](CO[C@H]1O[C@@H]2CO[C@H](c3ccccc3)O[C@@H]2[C@H](O[C@@H]2O[C@H](COC(C)=O)[C@H](OC(C)=O)[C@H](OC(C)=O)[C@H]2OC(C)=O)[C@H]1N=[N+]=[N-])NC(=O)OCC1c2ccccc2-c2ccccc21. The lowest BCUT2D eigenvalue weighted by atomic mass is 9.94. The summed E-state index contributed by atoms with van der Waals surface area (Å²) in [5.41, 5.74) is 14.6. The third-order valence-electron chi connectivity index (χ3n) is 11.5. The highest BCUT2D eigenvalue weighted by Crippen LogP contribution is 2.45. The largest absolute Gasteiger partial charge is 0.463 e. The van der Waals surface area contributed by atoms with Gasteiger partial charge in [-0.05, 0) is 27.8 Å². The molecule has 0 aromatic heterocycles. The Labute approximate surface area is 401 Å². The van der Waals surface area contributed by atoms with Crippen LogP contribution in [0.15, 0.2) is 96.6 Å². The van der Waals surface area contributed by atoms with Crippen LogP contribution in [0.2, 0.25) is 0 Å². The molecule has 7 rings (SSSR count). The van der Waals surface area contributed by atoms with Crippen molar-refractivity contribution in [2.75, 3.05) is 33.0 Å². The van der Waals surface area contributed by atoms with Gasteiger partial charge in [-0.15, -0.1) is 0 Å². The number of azide groups is 1. The van der Waals surface area contributed by atoms with Crippen molar-refractivity contribution in [1.29, 1.82) is 0 Å². The van der Waals surface area contributed by atoms with E-state index in [0.717, 1.165) is 49.9 Å². The molecule has 3 heterocycles. The Morgan fingerprint density at radius 3 is 2.00 bits per heavy atom. The number of benzene rings is 3. The Bertz CT molecular complexity index is 2390. The fourth-order valence-electron chi connectivity index (χ4n) is 8.65. The smallest absolute Gasteiger partial charge is 0.407 e. The summed E-state index contributed by atoms with van der Waals surface area (Å²) in [6, 6.07) is 21.2. The summed E-state index contributed by atoms with van der Waals surface area (Å²) >= 11 is 0. The van der Waals surface area contributed by atoms with E-state index in [9.17, 15) is 34.3 Å². The third-order valence-corrected chi connectivity index (χ3v) is 11.5. The summed E-state index contributed by atoms with van der Waals surface area (Å²) in [7, 11) is 0. The van der Waals surface area contributed by atoms with Crippen molar-refractivity contribution < 1.29 is 85.6 Å². The Morgan fingerprint density at radius 1 is 0.743 bits per heavy atom. The van der Waals surface area contributed by atoms with Gasteiger partial charge in [-0.1, -0.05) is 96.6 Å². The van der Waals surface area contributed by atoms with Crippen molar-refractivity contribution >= 4 is 35.9 Å². The molecule has 0 spiro atoms. The fourth-order valence-corrected chi connectivity index (χ4v) is 8.65. The lowest BCUT2D eigenvalue weighted by Crippen LogP contribution is -2.67. The van der Waals surface area contributed by atoms with Crippen molar-refractivity contribution in [1.82, 2.24) is 5.32 Å². The van der Waals surface area contributed by atoms with E-state index >= 15 is 0 Å². The summed E-state index contributed by atoms with van der Waals surface area (Å²) in [5.74, 6) is -4.62. The van der Waals surface area contributed by atoms with Crippen LogP contribution >= 0.6 is 0 Å². The normalized spacial score (nSPS) is 27.1. The minimum absolute atomic E-state index is 0.0782. The van der Waals surface area contributed by atoms with E-state index < -0.39 is 123 Å². The molecule has 0 bridgehead atoms. The number of alkyl carbamates (subject to hydrolysis) is 1. The topological polar surface area (TPSA) is 274 Å². The van der Waals surface area contributed by atoms with Crippen LogP contribution in [-0.4, -0.2) is 136 Å². The maximum Gasteiger partial charge on any atom is 0.407 e. The molecule has 3 aromatic carbocycles. The van der Waals surface area contributed by atoms with Gasteiger partial charge in [-0.25, -0.2) is 9.59 Å². The number of carbonyl (C=O) groups is 6. The second kappa shape index (κ2) is 23.6. The highest BCUT2D eigenvalue weighted by molar-refractivity contribution is 5.82. The van der Waals surface area contributed by atoms with Gasteiger partial charge in [-0.3, -0.25) is 19.2 Å². The molecule has 0 unspecified atom stereocenters. The van der Waals surface area contributed by atoms with E-state index in [-0.39, 0.29) is 25.7 Å². The summed E-state index contributed by atoms with van der Waals surface area (Å²) in [4.78, 5) is 79.9. The zero-order chi connectivity index (χ0) is 49.9. The first-order valence-corrected chi connectivity index (χ1v) is 22.2. The van der Waals surface area contributed by atoms with Gasteiger partial charge in [0.25, 0.3) is 0 Å². The second-order valence-corrected chi connectivity index (χ2v) is 16.4. The molecular formula is C48H52N4O18. The lowest BCUT2D eigenvalue weighted by Gasteiger charge is -2.50. The number of rotatable bonds is 18. The molecule has 12 atom stereocenters. The molecule has 3 aliphatic heterocycles. The van der Waals surface area contributed by atoms with E-state index in [1.54, 1.807) is 30.3 Å². The van der Waals surface area contributed by atoms with Crippen molar-refractivity contribution in [2.45, 2.75) is 107 Å². The molecule has 0 radical (unpaired) electrons. The predicted molar refractivity (Wildman–Crippen MR) is 238 cm³/mol. The molecule has 0 saturated carbocycles. The number of nitrogens with zero attached hydrogens (tertiary/aromatic N) is 3. The number of esters is 5. The summed E-state index contributed by atoms with van der Waals surface area (Å²) < 4.78 is 71.0. The van der Waals surface area contributed by atoms with Crippen LogP contribution in [-0.2, 0) is 80.8 Å². The van der Waals surface area contributed by atoms with Gasteiger partial charge in [0.1, 0.15) is 50.3 Å². The molecular weight excluding hydrogens is 921 g/mol. The first-order valence-electron chi connectivity index (χ1n) is 22.2. The number of ether oxygens (including phenoxy) is 12. The molecule has 1 N–H and O–H groups in total. The number of hydrogen-bond donors (Lipinski definition) is 1. The highest BCUT2D eigenvalue weighted by atomic mass is 16.8. The molecule has 22 nitrogen and oxygen atoms in total. The molecule has 1 amide bonds. The summed E-state index contributed by atoms with van der Waals surface area (Å²) in [6.45, 7) is 6.21. The molecule has 372 valence electrons. The average Bonchev–Trinajstić information content (AvgIpc) is 3.66. The zero-order valence-electron chi connectivity index (χ0n) is 38.5. The Balaban J connectivity index is 1.18. The van der Waals surface area contributed by atoms with Gasteiger partial charge < -0.3 is 62.2 Å². The van der Waals surface area contributed by atoms with Gasteiger partial charge in [0.2, 0.25) is 0 Å². The van der Waals surface area contributed by atoms with E-state index in [2.05, 4.69) is 21.9 Å². The quantitative estimate of drug-likeness (QED) is 0.0454. The van der Waals surface area contributed by atoms with Crippen molar-refractivity contribution in [2.24, 2.45) is 5.11 Å². The van der Waals surface area contributed by atoms with Crippen LogP contribution in [0, 0.1) is 0 Å². The molecule has 22 heteroatoms. The van der Waals surface area contributed by atoms with Crippen LogP contribution in [0.4, 0.5) is 4.79 Å². The molecule has 3 aromatic rings. The van der Waals surface area contributed by atoms with Gasteiger partial charge in [0.05, 0.1) is 13.2 Å². The second-order valence-electron chi connectivity index (χ2n) is 16.4. The lowest BCUT2D eigenvalue weighted by molar-refractivity contribution is -0.376. The minimum Gasteiger partial charge on any atom is -0.463 e. The highest BCUT2D eigenvalue weighted by Gasteiger charge is 2.57. The monoisotopic (exact) mass is 972 g/mol.